The maximum atomic E-state index is 13.1. The summed E-state index contributed by atoms with van der Waals surface area (Å²) in [6, 6.07) is 4.85. The Bertz CT molecular complexity index is 310. The van der Waals surface area contributed by atoms with Crippen molar-refractivity contribution in [3.8, 4) is 5.75 Å². The largest absolute Gasteiger partial charge is 0.491 e. The predicted molar refractivity (Wildman–Crippen MR) is 57.7 cm³/mol. The fraction of sp³-hybridized carbons (Fsp3) is 0.500. The smallest absolute Gasteiger partial charge is 0.129 e. The summed E-state index contributed by atoms with van der Waals surface area (Å²) in [7, 11) is 0. The number of hydrogen-bond acceptors (Lipinski definition) is 2. The van der Waals surface area contributed by atoms with Crippen molar-refractivity contribution >= 4 is 0 Å². The lowest BCUT2D eigenvalue weighted by molar-refractivity contribution is 0.0552. The predicted octanol–water partition coefficient (Wildman–Crippen LogP) is 2.94. The van der Waals surface area contributed by atoms with Gasteiger partial charge in [0.05, 0.1) is 12.7 Å². The van der Waals surface area contributed by atoms with Crippen molar-refractivity contribution in [2.75, 3.05) is 13.2 Å². The van der Waals surface area contributed by atoms with Crippen molar-refractivity contribution in [1.29, 1.82) is 0 Å². The monoisotopic (exact) mass is 212 g/mol. The van der Waals surface area contributed by atoms with Crippen LogP contribution < -0.4 is 4.74 Å². The fourth-order valence-corrected chi connectivity index (χ4v) is 1.11. The van der Waals surface area contributed by atoms with Crippen LogP contribution in [0.5, 0.6) is 5.75 Å². The van der Waals surface area contributed by atoms with Gasteiger partial charge in [0.1, 0.15) is 18.2 Å². The minimum Gasteiger partial charge on any atom is -0.491 e. The topological polar surface area (TPSA) is 18.5 Å². The number of halogens is 1. The SMILES string of the molecule is Cc1ccc(OCCOC(C)C)cc1F. The van der Waals surface area contributed by atoms with Crippen LogP contribution in [-0.2, 0) is 4.74 Å². The van der Waals surface area contributed by atoms with Gasteiger partial charge in [-0.3, -0.25) is 0 Å². The van der Waals surface area contributed by atoms with Gasteiger partial charge in [-0.25, -0.2) is 4.39 Å². The van der Waals surface area contributed by atoms with Crippen molar-refractivity contribution in [2.45, 2.75) is 26.9 Å². The van der Waals surface area contributed by atoms with Crippen molar-refractivity contribution in [3.05, 3.63) is 29.6 Å². The molecule has 0 atom stereocenters. The van der Waals surface area contributed by atoms with Gasteiger partial charge in [0.2, 0.25) is 0 Å². The second-order valence-corrected chi connectivity index (χ2v) is 3.68. The molecule has 0 radical (unpaired) electrons. The molecule has 84 valence electrons. The molecule has 0 bridgehead atoms. The minimum atomic E-state index is -0.239. The summed E-state index contributed by atoms with van der Waals surface area (Å²) in [6.07, 6.45) is 0.198. The Morgan fingerprint density at radius 1 is 1.27 bits per heavy atom. The van der Waals surface area contributed by atoms with E-state index in [4.69, 9.17) is 9.47 Å². The Morgan fingerprint density at radius 3 is 2.60 bits per heavy atom. The molecule has 0 unspecified atom stereocenters. The first-order chi connectivity index (χ1) is 7.09. The van der Waals surface area contributed by atoms with E-state index in [9.17, 15) is 4.39 Å². The van der Waals surface area contributed by atoms with Crippen LogP contribution in [0.25, 0.3) is 0 Å². The summed E-state index contributed by atoms with van der Waals surface area (Å²) < 4.78 is 23.7. The van der Waals surface area contributed by atoms with Crippen LogP contribution in [-0.4, -0.2) is 19.3 Å². The highest BCUT2D eigenvalue weighted by atomic mass is 19.1. The molecule has 0 aliphatic carbocycles. The van der Waals surface area contributed by atoms with Gasteiger partial charge in [0.25, 0.3) is 0 Å². The van der Waals surface area contributed by atoms with Crippen molar-refractivity contribution in [1.82, 2.24) is 0 Å². The molecule has 0 heterocycles. The molecule has 1 rings (SSSR count). The normalized spacial score (nSPS) is 10.7. The molecular formula is C12H17FO2. The zero-order valence-electron chi connectivity index (χ0n) is 9.42. The van der Waals surface area contributed by atoms with Gasteiger partial charge in [-0.05, 0) is 32.4 Å². The van der Waals surface area contributed by atoms with E-state index in [0.717, 1.165) is 0 Å². The highest BCUT2D eigenvalue weighted by Crippen LogP contribution is 2.15. The molecule has 0 fully saturated rings. The van der Waals surface area contributed by atoms with Gasteiger partial charge in [-0.2, -0.15) is 0 Å². The molecule has 1 aromatic carbocycles. The standard InChI is InChI=1S/C12H17FO2/c1-9(2)14-6-7-15-11-5-4-10(3)12(13)8-11/h4-5,8-9H,6-7H2,1-3H3. The third-order valence-electron chi connectivity index (χ3n) is 1.95. The molecular weight excluding hydrogens is 195 g/mol. The Hall–Kier alpha value is -1.09. The van der Waals surface area contributed by atoms with E-state index in [1.165, 1.54) is 6.07 Å². The summed E-state index contributed by atoms with van der Waals surface area (Å²) >= 11 is 0. The van der Waals surface area contributed by atoms with Gasteiger partial charge in [-0.1, -0.05) is 6.07 Å². The molecule has 2 nitrogen and oxygen atoms in total. The maximum Gasteiger partial charge on any atom is 0.129 e. The lowest BCUT2D eigenvalue weighted by Crippen LogP contribution is -2.11. The lowest BCUT2D eigenvalue weighted by Gasteiger charge is -2.09. The van der Waals surface area contributed by atoms with E-state index in [1.807, 2.05) is 13.8 Å². The molecule has 0 aliphatic heterocycles. The third-order valence-corrected chi connectivity index (χ3v) is 1.95. The van der Waals surface area contributed by atoms with Crippen LogP contribution in [0.1, 0.15) is 19.4 Å². The number of benzene rings is 1. The quantitative estimate of drug-likeness (QED) is 0.699. The van der Waals surface area contributed by atoms with Crippen LogP contribution in [0.4, 0.5) is 4.39 Å². The summed E-state index contributed by atoms with van der Waals surface area (Å²) in [5, 5.41) is 0. The summed E-state index contributed by atoms with van der Waals surface area (Å²) in [5.74, 6) is 0.308. The van der Waals surface area contributed by atoms with Crippen LogP contribution in [0.3, 0.4) is 0 Å². The average Bonchev–Trinajstić information content (AvgIpc) is 2.18. The number of ether oxygens (including phenoxy) is 2. The van der Waals surface area contributed by atoms with Gasteiger partial charge in [0.15, 0.2) is 0 Å². The van der Waals surface area contributed by atoms with E-state index in [-0.39, 0.29) is 11.9 Å². The zero-order chi connectivity index (χ0) is 11.3. The fourth-order valence-electron chi connectivity index (χ4n) is 1.11. The number of hydrogen-bond donors (Lipinski definition) is 0. The molecule has 15 heavy (non-hydrogen) atoms. The Kier molecular flexibility index (Phi) is 4.56. The summed E-state index contributed by atoms with van der Waals surface area (Å²) in [5.41, 5.74) is 0.626. The van der Waals surface area contributed by atoms with Crippen LogP contribution in [0.15, 0.2) is 18.2 Å². The first-order valence-electron chi connectivity index (χ1n) is 5.10. The van der Waals surface area contributed by atoms with Crippen LogP contribution in [0, 0.1) is 12.7 Å². The molecule has 3 heteroatoms. The molecule has 0 N–H and O–H groups in total. The highest BCUT2D eigenvalue weighted by molar-refractivity contribution is 5.27. The lowest BCUT2D eigenvalue weighted by atomic mass is 10.2. The van der Waals surface area contributed by atoms with Crippen molar-refractivity contribution in [3.63, 3.8) is 0 Å². The van der Waals surface area contributed by atoms with Gasteiger partial charge in [0, 0.05) is 6.07 Å². The molecule has 0 amide bonds. The number of rotatable bonds is 5. The molecule has 0 saturated carbocycles. The highest BCUT2D eigenvalue weighted by Gasteiger charge is 2.00. The van der Waals surface area contributed by atoms with Gasteiger partial charge >= 0.3 is 0 Å². The second kappa shape index (κ2) is 5.71. The van der Waals surface area contributed by atoms with Crippen molar-refractivity contribution < 1.29 is 13.9 Å². The Balaban J connectivity index is 2.35. The maximum absolute atomic E-state index is 13.1. The van der Waals surface area contributed by atoms with E-state index in [0.29, 0.717) is 24.5 Å². The number of aryl methyl sites for hydroxylation is 1. The van der Waals surface area contributed by atoms with E-state index < -0.39 is 0 Å². The average molecular weight is 212 g/mol. The van der Waals surface area contributed by atoms with E-state index in [2.05, 4.69) is 0 Å². The second-order valence-electron chi connectivity index (χ2n) is 3.68. The first-order valence-corrected chi connectivity index (χ1v) is 5.10. The van der Waals surface area contributed by atoms with Crippen LogP contribution in [0.2, 0.25) is 0 Å². The molecule has 0 saturated heterocycles. The summed E-state index contributed by atoms with van der Waals surface area (Å²) in [6.45, 7) is 6.62. The van der Waals surface area contributed by atoms with Crippen LogP contribution >= 0.6 is 0 Å². The van der Waals surface area contributed by atoms with Gasteiger partial charge in [-0.15, -0.1) is 0 Å². The first kappa shape index (κ1) is 12.0. The van der Waals surface area contributed by atoms with Gasteiger partial charge < -0.3 is 9.47 Å². The van der Waals surface area contributed by atoms with E-state index >= 15 is 0 Å². The summed E-state index contributed by atoms with van der Waals surface area (Å²) in [4.78, 5) is 0. The Morgan fingerprint density at radius 2 is 2.00 bits per heavy atom. The minimum absolute atomic E-state index is 0.198. The van der Waals surface area contributed by atoms with Crippen molar-refractivity contribution in [2.24, 2.45) is 0 Å². The van der Waals surface area contributed by atoms with E-state index in [1.54, 1.807) is 19.1 Å². The molecule has 0 aromatic heterocycles. The Labute approximate surface area is 90.0 Å². The third kappa shape index (κ3) is 4.30. The zero-order valence-corrected chi connectivity index (χ0v) is 9.42. The molecule has 1 aromatic rings. The molecule has 0 aliphatic rings. The molecule has 0 spiro atoms.